The minimum atomic E-state index is -0.946. The molecule has 6 heteroatoms. The second-order valence-electron chi connectivity index (χ2n) is 7.19. The maximum atomic E-state index is 12.2. The number of fused-ring (bicyclic) bond motifs is 1. The monoisotopic (exact) mass is 364 g/mol. The first-order valence-corrected chi connectivity index (χ1v) is 8.96. The molecule has 1 aliphatic rings. The van der Waals surface area contributed by atoms with Crippen molar-refractivity contribution in [3.05, 3.63) is 48.0 Å². The number of carboxylic acids is 1. The van der Waals surface area contributed by atoms with Gasteiger partial charge in [0.25, 0.3) is 0 Å². The van der Waals surface area contributed by atoms with Crippen LogP contribution in [0.3, 0.4) is 0 Å². The Morgan fingerprint density at radius 2 is 1.96 bits per heavy atom. The largest absolute Gasteiger partial charge is 0.481 e. The highest BCUT2D eigenvalue weighted by Gasteiger charge is 2.35. The number of carbonyl (C=O) groups is 2. The third kappa shape index (κ3) is 3.18. The number of amides is 1. The lowest BCUT2D eigenvalue weighted by molar-refractivity contribution is -0.141. The zero-order chi connectivity index (χ0) is 19.1. The zero-order valence-electron chi connectivity index (χ0n) is 15.2. The Balaban J connectivity index is 1.64. The highest BCUT2D eigenvalue weighted by molar-refractivity contribution is 6.00. The fraction of sp³-hybridized carbons (Fsp3) is 0.286. The van der Waals surface area contributed by atoms with Crippen molar-refractivity contribution in [3.8, 4) is 11.5 Å². The first kappa shape index (κ1) is 17.3. The number of aliphatic carboxylic acids is 1. The van der Waals surface area contributed by atoms with Crippen molar-refractivity contribution in [1.82, 2.24) is 4.98 Å². The Morgan fingerprint density at radius 1 is 1.22 bits per heavy atom. The number of benzene rings is 2. The molecule has 138 valence electrons. The fourth-order valence-corrected chi connectivity index (χ4v) is 3.34. The average molecular weight is 364 g/mol. The number of oxazole rings is 1. The van der Waals surface area contributed by atoms with E-state index < -0.39 is 11.9 Å². The van der Waals surface area contributed by atoms with Crippen LogP contribution in [0.5, 0.6) is 0 Å². The first-order chi connectivity index (χ1) is 12.9. The maximum absolute atomic E-state index is 12.2. The van der Waals surface area contributed by atoms with Crippen LogP contribution in [-0.2, 0) is 9.59 Å². The van der Waals surface area contributed by atoms with Crippen LogP contribution in [0.25, 0.3) is 22.6 Å². The standard InChI is InChI=1S/C21H20N2O4/c1-12(2)13-3-5-14(6-4-13)20-22-17-8-7-16(10-18(17)27-20)23-11-15(21(25)26)9-19(23)24/h3-8,10,12,15H,9,11H2,1-2H3,(H,25,26)/t15-/m0/s1. The SMILES string of the molecule is CC(C)c1ccc(-c2nc3ccc(N4C[C@@H](C(=O)O)CC4=O)cc3o2)cc1. The molecular weight excluding hydrogens is 344 g/mol. The minimum absolute atomic E-state index is 0.0250. The molecule has 1 aromatic heterocycles. The molecule has 0 saturated carbocycles. The Morgan fingerprint density at radius 3 is 2.59 bits per heavy atom. The van der Waals surface area contributed by atoms with Crippen LogP contribution in [0.2, 0.25) is 0 Å². The number of carbonyl (C=O) groups excluding carboxylic acids is 1. The van der Waals surface area contributed by atoms with E-state index in [1.807, 2.05) is 12.1 Å². The minimum Gasteiger partial charge on any atom is -0.481 e. The molecule has 0 bridgehead atoms. The van der Waals surface area contributed by atoms with E-state index in [0.717, 1.165) is 5.56 Å². The van der Waals surface area contributed by atoms with Crippen molar-refractivity contribution in [2.45, 2.75) is 26.2 Å². The van der Waals surface area contributed by atoms with Gasteiger partial charge in [0.05, 0.1) is 5.92 Å². The van der Waals surface area contributed by atoms with Crippen molar-refractivity contribution >= 4 is 28.7 Å². The number of nitrogens with zero attached hydrogens (tertiary/aromatic N) is 2. The van der Waals surface area contributed by atoms with Gasteiger partial charge in [-0.25, -0.2) is 4.98 Å². The smallest absolute Gasteiger partial charge is 0.308 e. The Labute approximate surface area is 156 Å². The van der Waals surface area contributed by atoms with Crippen LogP contribution in [0.15, 0.2) is 46.9 Å². The second-order valence-corrected chi connectivity index (χ2v) is 7.19. The van der Waals surface area contributed by atoms with E-state index in [1.54, 1.807) is 18.2 Å². The normalized spacial score (nSPS) is 17.2. The van der Waals surface area contributed by atoms with Gasteiger partial charge in [0.2, 0.25) is 11.8 Å². The highest BCUT2D eigenvalue weighted by atomic mass is 16.4. The van der Waals surface area contributed by atoms with Gasteiger partial charge >= 0.3 is 5.97 Å². The van der Waals surface area contributed by atoms with Crippen molar-refractivity contribution in [3.63, 3.8) is 0 Å². The molecule has 6 nitrogen and oxygen atoms in total. The summed E-state index contributed by atoms with van der Waals surface area (Å²) in [6.45, 7) is 4.46. The Kier molecular flexibility index (Phi) is 4.18. The molecule has 27 heavy (non-hydrogen) atoms. The van der Waals surface area contributed by atoms with Gasteiger partial charge in [-0.3, -0.25) is 9.59 Å². The summed E-state index contributed by atoms with van der Waals surface area (Å²) in [7, 11) is 0. The first-order valence-electron chi connectivity index (χ1n) is 8.96. The van der Waals surface area contributed by atoms with Crippen LogP contribution in [0, 0.1) is 5.92 Å². The van der Waals surface area contributed by atoms with E-state index in [-0.39, 0.29) is 18.9 Å². The van der Waals surface area contributed by atoms with E-state index in [0.29, 0.717) is 28.6 Å². The van der Waals surface area contributed by atoms with E-state index in [9.17, 15) is 9.59 Å². The fourth-order valence-electron chi connectivity index (χ4n) is 3.34. The highest BCUT2D eigenvalue weighted by Crippen LogP contribution is 2.31. The molecule has 1 fully saturated rings. The topological polar surface area (TPSA) is 83.6 Å². The number of carboxylic acid groups (broad SMARTS) is 1. The number of aromatic nitrogens is 1. The van der Waals surface area contributed by atoms with Gasteiger partial charge in [0.1, 0.15) is 5.52 Å². The van der Waals surface area contributed by atoms with Gasteiger partial charge < -0.3 is 14.4 Å². The van der Waals surface area contributed by atoms with Crippen molar-refractivity contribution in [2.24, 2.45) is 5.92 Å². The van der Waals surface area contributed by atoms with E-state index >= 15 is 0 Å². The number of hydrogen-bond acceptors (Lipinski definition) is 4. The number of anilines is 1. The lowest BCUT2D eigenvalue weighted by atomic mass is 10.0. The molecule has 1 aliphatic heterocycles. The molecule has 0 aliphatic carbocycles. The molecular formula is C21H20N2O4. The van der Waals surface area contributed by atoms with Crippen LogP contribution >= 0.6 is 0 Å². The van der Waals surface area contributed by atoms with Crippen molar-refractivity contribution < 1.29 is 19.1 Å². The summed E-state index contributed by atoms with van der Waals surface area (Å²) in [5.74, 6) is -0.825. The third-order valence-corrected chi connectivity index (χ3v) is 4.98. The van der Waals surface area contributed by atoms with Crippen LogP contribution in [0.4, 0.5) is 5.69 Å². The molecule has 1 amide bonds. The molecule has 2 aromatic carbocycles. The van der Waals surface area contributed by atoms with Crippen LogP contribution in [0.1, 0.15) is 31.7 Å². The predicted molar refractivity (Wildman–Crippen MR) is 102 cm³/mol. The maximum Gasteiger partial charge on any atom is 0.308 e. The van der Waals surface area contributed by atoms with Gasteiger partial charge in [-0.2, -0.15) is 0 Å². The van der Waals surface area contributed by atoms with Crippen LogP contribution < -0.4 is 4.90 Å². The van der Waals surface area contributed by atoms with Gasteiger partial charge in [-0.15, -0.1) is 0 Å². The number of rotatable bonds is 4. The van der Waals surface area contributed by atoms with Gasteiger partial charge in [-0.1, -0.05) is 26.0 Å². The Hall–Kier alpha value is -3.15. The summed E-state index contributed by atoms with van der Waals surface area (Å²) in [6, 6.07) is 13.4. The van der Waals surface area contributed by atoms with Crippen LogP contribution in [-0.4, -0.2) is 28.5 Å². The summed E-state index contributed by atoms with van der Waals surface area (Å²) in [5, 5.41) is 9.14. The number of hydrogen-bond donors (Lipinski definition) is 1. The van der Waals surface area contributed by atoms with E-state index in [2.05, 4.69) is 31.0 Å². The van der Waals surface area contributed by atoms with Crippen molar-refractivity contribution in [1.29, 1.82) is 0 Å². The molecule has 1 saturated heterocycles. The van der Waals surface area contributed by atoms with Gasteiger partial charge in [0.15, 0.2) is 5.58 Å². The molecule has 4 rings (SSSR count). The lowest BCUT2D eigenvalue weighted by Crippen LogP contribution is -2.25. The molecule has 0 unspecified atom stereocenters. The molecule has 1 atom stereocenters. The summed E-state index contributed by atoms with van der Waals surface area (Å²) in [5.41, 5.74) is 4.04. The molecule has 3 aromatic rings. The van der Waals surface area contributed by atoms with Gasteiger partial charge in [0, 0.05) is 30.3 Å². The van der Waals surface area contributed by atoms with Gasteiger partial charge in [-0.05, 0) is 35.7 Å². The molecule has 0 radical (unpaired) electrons. The lowest BCUT2D eigenvalue weighted by Gasteiger charge is -2.15. The van der Waals surface area contributed by atoms with Crippen molar-refractivity contribution in [2.75, 3.05) is 11.4 Å². The quantitative estimate of drug-likeness (QED) is 0.755. The third-order valence-electron chi connectivity index (χ3n) is 4.98. The molecule has 0 spiro atoms. The second kappa shape index (κ2) is 6.54. The zero-order valence-corrected chi connectivity index (χ0v) is 15.2. The predicted octanol–water partition coefficient (Wildman–Crippen LogP) is 4.06. The summed E-state index contributed by atoms with van der Waals surface area (Å²) in [4.78, 5) is 29.3. The van der Waals surface area contributed by atoms with E-state index in [4.69, 9.17) is 9.52 Å². The average Bonchev–Trinajstić information content (AvgIpc) is 3.24. The Bertz CT molecular complexity index is 1020. The summed E-state index contributed by atoms with van der Waals surface area (Å²) >= 11 is 0. The summed E-state index contributed by atoms with van der Waals surface area (Å²) < 4.78 is 5.90. The molecule has 1 N–H and O–H groups in total. The van der Waals surface area contributed by atoms with E-state index in [1.165, 1.54) is 10.5 Å². The molecule has 2 heterocycles. The summed E-state index contributed by atoms with van der Waals surface area (Å²) in [6.07, 6.45) is 0.0250.